The van der Waals surface area contributed by atoms with Crippen molar-refractivity contribution in [3.63, 3.8) is 0 Å². The molecule has 0 aliphatic rings. The van der Waals surface area contributed by atoms with Crippen LogP contribution in [-0.4, -0.2) is 31.4 Å². The van der Waals surface area contributed by atoms with Gasteiger partial charge in [0.2, 0.25) is 10.0 Å². The van der Waals surface area contributed by atoms with Crippen LogP contribution in [0.2, 0.25) is 5.02 Å². The third-order valence-corrected chi connectivity index (χ3v) is 5.30. The van der Waals surface area contributed by atoms with Gasteiger partial charge < -0.3 is 5.32 Å². The lowest BCUT2D eigenvalue weighted by Gasteiger charge is -2.09. The van der Waals surface area contributed by atoms with Crippen molar-refractivity contribution in [2.24, 2.45) is 0 Å². The third kappa shape index (κ3) is 5.36. The average molecular weight is 415 g/mol. The van der Waals surface area contributed by atoms with Crippen molar-refractivity contribution in [2.75, 3.05) is 18.4 Å². The molecule has 0 amide bonds. The van der Waals surface area contributed by atoms with E-state index in [0.717, 1.165) is 12.1 Å². The number of sulfonamides is 1. The van der Waals surface area contributed by atoms with Crippen LogP contribution in [0, 0.1) is 20.2 Å². The molecule has 0 aliphatic carbocycles. The molecule has 0 unspecified atom stereocenters. The number of hydrogen-bond donors (Lipinski definition) is 2. The van der Waals surface area contributed by atoms with Gasteiger partial charge in [-0.2, -0.15) is 0 Å². The fraction of sp³-hybridized carbons (Fsp3) is 0.200. The molecular weight excluding hydrogens is 400 g/mol. The SMILES string of the molecule is O=[N+]([O-])c1ccc(NCCCNS(=O)(=O)c2ccccc2[N+](=O)[O-])c(Cl)c1. The largest absolute Gasteiger partial charge is 0.384 e. The molecule has 10 nitrogen and oxygen atoms in total. The zero-order valence-corrected chi connectivity index (χ0v) is 15.4. The van der Waals surface area contributed by atoms with Crippen molar-refractivity contribution in [3.05, 3.63) is 67.7 Å². The summed E-state index contributed by atoms with van der Waals surface area (Å²) in [6, 6.07) is 9.03. The standard InChI is InChI=1S/C15H15ClN4O6S/c16-12-10-11(19(21)22)6-7-13(12)17-8-3-9-18-27(25,26)15-5-2-1-4-14(15)20(23)24/h1-2,4-7,10,17-18H,3,8-9H2. The first-order chi connectivity index (χ1) is 12.7. The molecule has 2 N–H and O–H groups in total. The molecule has 0 aromatic heterocycles. The molecule has 0 spiro atoms. The average Bonchev–Trinajstić information content (AvgIpc) is 2.62. The lowest BCUT2D eigenvalue weighted by Crippen LogP contribution is -2.26. The van der Waals surface area contributed by atoms with Crippen LogP contribution < -0.4 is 10.0 Å². The number of nitro groups is 2. The number of halogens is 1. The normalized spacial score (nSPS) is 11.1. The molecular formula is C15H15ClN4O6S. The Kier molecular flexibility index (Phi) is 6.66. The summed E-state index contributed by atoms with van der Waals surface area (Å²) in [5, 5.41) is 24.7. The highest BCUT2D eigenvalue weighted by atomic mass is 35.5. The Bertz CT molecular complexity index is 967. The number of nitrogens with one attached hydrogen (secondary N) is 2. The molecule has 0 heterocycles. The second kappa shape index (κ2) is 8.75. The van der Waals surface area contributed by atoms with E-state index in [4.69, 9.17) is 11.6 Å². The van der Waals surface area contributed by atoms with Crippen LogP contribution in [0.3, 0.4) is 0 Å². The maximum Gasteiger partial charge on any atom is 0.289 e. The van der Waals surface area contributed by atoms with E-state index in [1.54, 1.807) is 0 Å². The topological polar surface area (TPSA) is 144 Å². The van der Waals surface area contributed by atoms with Gasteiger partial charge in [0.15, 0.2) is 4.90 Å². The maximum absolute atomic E-state index is 12.2. The summed E-state index contributed by atoms with van der Waals surface area (Å²) in [4.78, 5) is 19.9. The Morgan fingerprint density at radius 3 is 2.33 bits per heavy atom. The van der Waals surface area contributed by atoms with E-state index in [-0.39, 0.29) is 17.3 Å². The van der Waals surface area contributed by atoms with Crippen molar-refractivity contribution in [3.8, 4) is 0 Å². The van der Waals surface area contributed by atoms with Crippen LogP contribution in [0.4, 0.5) is 17.1 Å². The highest BCUT2D eigenvalue weighted by Gasteiger charge is 2.24. The molecule has 144 valence electrons. The minimum absolute atomic E-state index is 0.0337. The van der Waals surface area contributed by atoms with Gasteiger partial charge in [0.05, 0.1) is 20.6 Å². The highest BCUT2D eigenvalue weighted by molar-refractivity contribution is 7.89. The van der Waals surface area contributed by atoms with Crippen LogP contribution in [0.5, 0.6) is 0 Å². The van der Waals surface area contributed by atoms with Crippen LogP contribution in [-0.2, 0) is 10.0 Å². The van der Waals surface area contributed by atoms with Gasteiger partial charge in [0.25, 0.3) is 11.4 Å². The Morgan fingerprint density at radius 2 is 1.70 bits per heavy atom. The molecule has 0 radical (unpaired) electrons. The predicted molar refractivity (Wildman–Crippen MR) is 99.5 cm³/mol. The summed E-state index contributed by atoms with van der Waals surface area (Å²) < 4.78 is 26.8. The molecule has 0 saturated heterocycles. The lowest BCUT2D eigenvalue weighted by molar-refractivity contribution is -0.387. The number of non-ortho nitro benzene ring substituents is 1. The molecule has 2 aromatic carbocycles. The molecule has 12 heteroatoms. The van der Waals surface area contributed by atoms with E-state index in [1.807, 2.05) is 0 Å². The zero-order chi connectivity index (χ0) is 20.0. The van der Waals surface area contributed by atoms with Crippen molar-refractivity contribution >= 4 is 38.7 Å². The summed E-state index contributed by atoms with van der Waals surface area (Å²) in [6.07, 6.45) is 0.354. The Morgan fingerprint density at radius 1 is 1.00 bits per heavy atom. The lowest BCUT2D eigenvalue weighted by atomic mass is 10.2. The van der Waals surface area contributed by atoms with Gasteiger partial charge in [-0.15, -0.1) is 0 Å². The molecule has 0 aliphatic heterocycles. The fourth-order valence-corrected chi connectivity index (χ4v) is 3.68. The molecule has 0 saturated carbocycles. The van der Waals surface area contributed by atoms with E-state index in [0.29, 0.717) is 18.7 Å². The number of para-hydroxylation sites is 1. The Hall–Kier alpha value is -2.76. The number of rotatable bonds is 9. The van der Waals surface area contributed by atoms with E-state index in [9.17, 15) is 28.6 Å². The maximum atomic E-state index is 12.2. The smallest absolute Gasteiger partial charge is 0.289 e. The Labute approximate surface area is 159 Å². The molecule has 0 bridgehead atoms. The zero-order valence-electron chi connectivity index (χ0n) is 13.8. The quantitative estimate of drug-likeness (QED) is 0.364. The van der Waals surface area contributed by atoms with Crippen LogP contribution in [0.1, 0.15) is 6.42 Å². The van der Waals surface area contributed by atoms with Crippen LogP contribution in [0.15, 0.2) is 47.4 Å². The number of hydrogen-bond acceptors (Lipinski definition) is 7. The van der Waals surface area contributed by atoms with Crippen molar-refractivity contribution in [1.29, 1.82) is 0 Å². The first-order valence-corrected chi connectivity index (χ1v) is 9.49. The van der Waals surface area contributed by atoms with Gasteiger partial charge in [-0.05, 0) is 18.6 Å². The number of benzene rings is 2. The minimum atomic E-state index is -4.02. The van der Waals surface area contributed by atoms with Crippen molar-refractivity contribution in [2.45, 2.75) is 11.3 Å². The molecule has 0 fully saturated rings. The summed E-state index contributed by atoms with van der Waals surface area (Å²) in [5.41, 5.74) is -0.160. The van der Waals surface area contributed by atoms with E-state index < -0.39 is 30.5 Å². The summed E-state index contributed by atoms with van der Waals surface area (Å²) in [5.74, 6) is 0. The third-order valence-electron chi connectivity index (χ3n) is 3.48. The van der Waals surface area contributed by atoms with E-state index in [1.165, 1.54) is 30.3 Å². The second-order valence-corrected chi connectivity index (χ2v) is 7.47. The summed E-state index contributed by atoms with van der Waals surface area (Å²) in [7, 11) is -4.02. The highest BCUT2D eigenvalue weighted by Crippen LogP contribution is 2.26. The van der Waals surface area contributed by atoms with Crippen LogP contribution in [0.25, 0.3) is 0 Å². The van der Waals surface area contributed by atoms with Gasteiger partial charge in [-0.25, -0.2) is 13.1 Å². The summed E-state index contributed by atoms with van der Waals surface area (Å²) in [6.45, 7) is 0.364. The van der Waals surface area contributed by atoms with Crippen molar-refractivity contribution in [1.82, 2.24) is 4.72 Å². The number of nitro benzene ring substituents is 2. The monoisotopic (exact) mass is 414 g/mol. The van der Waals surface area contributed by atoms with Gasteiger partial charge in [-0.1, -0.05) is 23.7 Å². The minimum Gasteiger partial charge on any atom is -0.384 e. The fourth-order valence-electron chi connectivity index (χ4n) is 2.19. The van der Waals surface area contributed by atoms with Gasteiger partial charge in [0, 0.05) is 31.3 Å². The second-order valence-electron chi connectivity index (χ2n) is 5.32. The molecule has 2 aromatic rings. The van der Waals surface area contributed by atoms with Gasteiger partial charge >= 0.3 is 0 Å². The van der Waals surface area contributed by atoms with Crippen molar-refractivity contribution < 1.29 is 18.3 Å². The molecule has 0 atom stereocenters. The van der Waals surface area contributed by atoms with Gasteiger partial charge in [0.1, 0.15) is 0 Å². The first kappa shape index (κ1) is 20.6. The molecule has 2 rings (SSSR count). The molecule has 27 heavy (non-hydrogen) atoms. The van der Waals surface area contributed by atoms with E-state index >= 15 is 0 Å². The predicted octanol–water partition coefficient (Wildman–Crippen LogP) is 2.94. The Balaban J connectivity index is 1.90. The summed E-state index contributed by atoms with van der Waals surface area (Å²) >= 11 is 5.94. The van der Waals surface area contributed by atoms with E-state index in [2.05, 4.69) is 10.0 Å². The van der Waals surface area contributed by atoms with Gasteiger partial charge in [-0.3, -0.25) is 20.2 Å². The van der Waals surface area contributed by atoms with Crippen LogP contribution >= 0.6 is 11.6 Å². The first-order valence-electron chi connectivity index (χ1n) is 7.63. The number of nitrogens with zero attached hydrogens (tertiary/aromatic N) is 2. The number of anilines is 1.